The summed E-state index contributed by atoms with van der Waals surface area (Å²) in [6, 6.07) is 0. The molecule has 1 aliphatic heterocycles. The van der Waals surface area contributed by atoms with Gasteiger partial charge in [0.25, 0.3) is 0 Å². The first kappa shape index (κ1) is 13.6. The van der Waals surface area contributed by atoms with Gasteiger partial charge in [-0.25, -0.2) is 0 Å². The normalized spacial score (nSPS) is 45.4. The van der Waals surface area contributed by atoms with E-state index >= 15 is 0 Å². The fourth-order valence-electron chi connectivity index (χ4n) is 4.89. The lowest BCUT2D eigenvalue weighted by Gasteiger charge is -2.61. The molecule has 3 nitrogen and oxygen atoms in total. The van der Waals surface area contributed by atoms with Gasteiger partial charge in [0.2, 0.25) is 0 Å². The largest absolute Gasteiger partial charge is 0.395 e. The highest BCUT2D eigenvalue weighted by atomic mass is 16.7. The number of rotatable bonds is 1. The highest BCUT2D eigenvalue weighted by Gasteiger charge is 2.64. The summed E-state index contributed by atoms with van der Waals surface area (Å²) in [5.74, 6) is -0.00866. The second kappa shape index (κ2) is 4.31. The van der Waals surface area contributed by atoms with Crippen LogP contribution in [0.15, 0.2) is 12.2 Å². The van der Waals surface area contributed by atoms with Gasteiger partial charge in [0, 0.05) is 17.3 Å². The summed E-state index contributed by atoms with van der Waals surface area (Å²) in [7, 11) is 0. The zero-order valence-electron chi connectivity index (χ0n) is 12.2. The Balaban J connectivity index is 2.03. The van der Waals surface area contributed by atoms with E-state index in [0.29, 0.717) is 19.1 Å². The molecule has 3 rings (SSSR count). The van der Waals surface area contributed by atoms with Crippen LogP contribution < -0.4 is 0 Å². The molecule has 1 spiro atoms. The maximum Gasteiger partial charge on any atom is 0.174 e. The van der Waals surface area contributed by atoms with E-state index in [0.717, 1.165) is 32.1 Å². The first-order chi connectivity index (χ1) is 8.98. The van der Waals surface area contributed by atoms with Gasteiger partial charge >= 0.3 is 0 Å². The van der Waals surface area contributed by atoms with Gasteiger partial charge in [-0.3, -0.25) is 0 Å². The Morgan fingerprint density at radius 3 is 2.58 bits per heavy atom. The van der Waals surface area contributed by atoms with Gasteiger partial charge in [-0.1, -0.05) is 26.0 Å². The van der Waals surface area contributed by atoms with E-state index in [2.05, 4.69) is 20.4 Å². The minimum Gasteiger partial charge on any atom is -0.395 e. The lowest BCUT2D eigenvalue weighted by molar-refractivity contribution is -0.287. The van der Waals surface area contributed by atoms with E-state index in [1.54, 1.807) is 0 Å². The summed E-state index contributed by atoms with van der Waals surface area (Å²) in [5, 5.41) is 9.96. The van der Waals surface area contributed by atoms with Crippen LogP contribution in [0.3, 0.4) is 0 Å². The molecule has 0 aromatic carbocycles. The molecule has 0 unspecified atom stereocenters. The maximum absolute atomic E-state index is 9.96. The van der Waals surface area contributed by atoms with Crippen molar-refractivity contribution in [2.45, 2.75) is 51.7 Å². The number of hydrogen-bond acceptors (Lipinski definition) is 3. The molecule has 1 N–H and O–H groups in total. The summed E-state index contributed by atoms with van der Waals surface area (Å²) in [6.07, 6.45) is 5.28. The van der Waals surface area contributed by atoms with Crippen LogP contribution >= 0.6 is 0 Å². The quantitative estimate of drug-likeness (QED) is 0.742. The van der Waals surface area contributed by atoms with Crippen molar-refractivity contribution in [3.63, 3.8) is 0 Å². The molecule has 1 heterocycles. The molecule has 2 aliphatic carbocycles. The average Bonchev–Trinajstić information content (AvgIpc) is 2.87. The van der Waals surface area contributed by atoms with Crippen molar-refractivity contribution in [1.82, 2.24) is 0 Å². The summed E-state index contributed by atoms with van der Waals surface area (Å²) < 4.78 is 12.2. The summed E-state index contributed by atoms with van der Waals surface area (Å²) in [4.78, 5) is 0. The molecule has 1 saturated heterocycles. The molecule has 0 aromatic heterocycles. The van der Waals surface area contributed by atoms with E-state index < -0.39 is 5.79 Å². The maximum atomic E-state index is 9.96. The topological polar surface area (TPSA) is 38.7 Å². The Labute approximate surface area is 116 Å². The third kappa shape index (κ3) is 1.61. The Bertz CT molecular complexity index is 385. The van der Waals surface area contributed by atoms with E-state index in [-0.39, 0.29) is 17.4 Å². The molecule has 3 fully saturated rings. The molecule has 0 aromatic rings. The fourth-order valence-corrected chi connectivity index (χ4v) is 4.89. The van der Waals surface area contributed by atoms with Crippen molar-refractivity contribution in [1.29, 1.82) is 0 Å². The van der Waals surface area contributed by atoms with Crippen LogP contribution in [0.2, 0.25) is 0 Å². The molecular weight excluding hydrogens is 240 g/mol. The molecule has 0 amide bonds. The molecule has 0 bridgehead atoms. The third-order valence-corrected chi connectivity index (χ3v) is 6.24. The van der Waals surface area contributed by atoms with E-state index in [1.807, 2.05) is 0 Å². The van der Waals surface area contributed by atoms with Crippen molar-refractivity contribution in [3.05, 3.63) is 12.2 Å². The van der Waals surface area contributed by atoms with Gasteiger partial charge in [0.05, 0.1) is 19.8 Å². The molecule has 3 heteroatoms. The molecule has 108 valence electrons. The van der Waals surface area contributed by atoms with Crippen LogP contribution in [-0.4, -0.2) is 30.7 Å². The fraction of sp³-hybridized carbons (Fsp3) is 0.875. The van der Waals surface area contributed by atoms with Gasteiger partial charge in [0.1, 0.15) is 0 Å². The zero-order valence-corrected chi connectivity index (χ0v) is 12.2. The zero-order chi connectivity index (χ0) is 13.7. The van der Waals surface area contributed by atoms with Crippen LogP contribution in [-0.2, 0) is 9.47 Å². The number of fused-ring (bicyclic) bond motifs is 2. The molecule has 3 aliphatic rings. The SMILES string of the molecule is C=C1CC[C@@]2(C)[C@@H](CCCC23OCCO3)[C@]1(C)CO. The lowest BCUT2D eigenvalue weighted by Crippen LogP contribution is -2.61. The highest BCUT2D eigenvalue weighted by molar-refractivity contribution is 5.21. The number of aliphatic hydroxyl groups is 1. The first-order valence-corrected chi connectivity index (χ1v) is 7.56. The average molecular weight is 266 g/mol. The van der Waals surface area contributed by atoms with Crippen LogP contribution in [0, 0.1) is 16.7 Å². The Morgan fingerprint density at radius 1 is 1.26 bits per heavy atom. The van der Waals surface area contributed by atoms with Crippen molar-refractivity contribution in [3.8, 4) is 0 Å². The number of aliphatic hydroxyl groups excluding tert-OH is 1. The second-order valence-corrected chi connectivity index (χ2v) is 6.99. The first-order valence-electron chi connectivity index (χ1n) is 7.56. The number of ether oxygens (including phenoxy) is 2. The van der Waals surface area contributed by atoms with Crippen molar-refractivity contribution in [2.24, 2.45) is 16.7 Å². The molecular formula is C16H26O3. The van der Waals surface area contributed by atoms with Gasteiger partial charge < -0.3 is 14.6 Å². The van der Waals surface area contributed by atoms with Crippen LogP contribution in [0.1, 0.15) is 46.0 Å². The van der Waals surface area contributed by atoms with Crippen LogP contribution in [0.5, 0.6) is 0 Å². The molecule has 2 saturated carbocycles. The minimum atomic E-state index is -0.410. The van der Waals surface area contributed by atoms with Crippen LogP contribution in [0.25, 0.3) is 0 Å². The molecule has 3 atom stereocenters. The van der Waals surface area contributed by atoms with Gasteiger partial charge in [-0.05, 0) is 31.6 Å². The Hall–Kier alpha value is -0.380. The smallest absolute Gasteiger partial charge is 0.174 e. The van der Waals surface area contributed by atoms with Gasteiger partial charge in [0.15, 0.2) is 5.79 Å². The van der Waals surface area contributed by atoms with Gasteiger partial charge in [-0.15, -0.1) is 0 Å². The standard InChI is InChI=1S/C16H26O3/c1-12-6-8-15(3)13(14(12,2)11-17)5-4-7-16(15)18-9-10-19-16/h13,17H,1,4-11H2,2-3H3/t13-,14+,15-/m0/s1. The van der Waals surface area contributed by atoms with E-state index in [1.165, 1.54) is 5.57 Å². The predicted molar refractivity (Wildman–Crippen MR) is 73.6 cm³/mol. The summed E-state index contributed by atoms with van der Waals surface area (Å²) >= 11 is 0. The lowest BCUT2D eigenvalue weighted by atomic mass is 9.48. The van der Waals surface area contributed by atoms with Crippen molar-refractivity contribution >= 4 is 0 Å². The Morgan fingerprint density at radius 2 is 1.95 bits per heavy atom. The minimum absolute atomic E-state index is 0.000417. The monoisotopic (exact) mass is 266 g/mol. The third-order valence-electron chi connectivity index (χ3n) is 6.24. The molecule has 19 heavy (non-hydrogen) atoms. The van der Waals surface area contributed by atoms with Crippen LogP contribution in [0.4, 0.5) is 0 Å². The summed E-state index contributed by atoms with van der Waals surface area (Å²) in [5.41, 5.74) is 1.02. The predicted octanol–water partition coefficient (Wildman–Crippen LogP) is 2.88. The Kier molecular flexibility index (Phi) is 3.08. The summed E-state index contributed by atoms with van der Waals surface area (Å²) in [6.45, 7) is 10.3. The van der Waals surface area contributed by atoms with E-state index in [4.69, 9.17) is 9.47 Å². The van der Waals surface area contributed by atoms with Gasteiger partial charge in [-0.2, -0.15) is 0 Å². The second-order valence-electron chi connectivity index (χ2n) is 6.99. The van der Waals surface area contributed by atoms with E-state index in [9.17, 15) is 5.11 Å². The molecule has 0 radical (unpaired) electrons. The van der Waals surface area contributed by atoms with Crippen molar-refractivity contribution in [2.75, 3.05) is 19.8 Å². The van der Waals surface area contributed by atoms with Crippen molar-refractivity contribution < 1.29 is 14.6 Å². The highest BCUT2D eigenvalue weighted by Crippen LogP contribution is 2.64. The number of hydrogen-bond donors (Lipinski definition) is 1.